The molecule has 0 aromatic heterocycles. The second-order valence-corrected chi connectivity index (χ2v) is 26.3. The average Bonchev–Trinajstić information content (AvgIpc) is 3.43. The molecule has 0 aromatic carbocycles. The summed E-state index contributed by atoms with van der Waals surface area (Å²) in [4.78, 5) is 72.0. The molecule has 5 atom stereocenters. The number of aliphatic hydroxyl groups is 1. The summed E-state index contributed by atoms with van der Waals surface area (Å²) in [6, 6.07) is 0. The summed E-state index contributed by atoms with van der Waals surface area (Å²) in [7, 11) is -9.88. The van der Waals surface area contributed by atoms with Crippen LogP contribution in [0.4, 0.5) is 0 Å². The van der Waals surface area contributed by atoms with Crippen LogP contribution in [0.25, 0.3) is 0 Å². The smallest absolute Gasteiger partial charge is 0.462 e. The molecule has 17 nitrogen and oxygen atoms in total. The number of carbonyl (C=O) groups is 4. The summed E-state index contributed by atoms with van der Waals surface area (Å²) in [5, 5.41) is 10.5. The van der Waals surface area contributed by atoms with E-state index in [0.29, 0.717) is 31.6 Å². The van der Waals surface area contributed by atoms with Gasteiger partial charge >= 0.3 is 39.5 Å². The van der Waals surface area contributed by atoms with Crippen LogP contribution in [0.3, 0.4) is 0 Å². The van der Waals surface area contributed by atoms with Crippen molar-refractivity contribution in [3.05, 3.63) is 0 Å². The normalized spacial score (nSPS) is 14.4. The van der Waals surface area contributed by atoms with Crippen LogP contribution in [0, 0.1) is 11.8 Å². The Labute approximate surface area is 492 Å². The summed E-state index contributed by atoms with van der Waals surface area (Å²) >= 11 is 0. The van der Waals surface area contributed by atoms with E-state index in [1.165, 1.54) is 116 Å². The maximum absolute atomic E-state index is 12.9. The molecule has 0 rings (SSSR count). The molecule has 0 bridgehead atoms. The Bertz CT molecular complexity index is 1600. The van der Waals surface area contributed by atoms with Crippen LogP contribution in [0.5, 0.6) is 0 Å². The number of rotatable bonds is 61. The minimum Gasteiger partial charge on any atom is -0.462 e. The molecule has 0 fully saturated rings. The van der Waals surface area contributed by atoms with E-state index in [9.17, 15) is 43.2 Å². The third-order valence-corrected chi connectivity index (χ3v) is 16.1. The highest BCUT2D eigenvalue weighted by molar-refractivity contribution is 7.47. The Kier molecular flexibility index (Phi) is 53.4. The zero-order chi connectivity index (χ0) is 60.1. The molecule has 0 saturated heterocycles. The first kappa shape index (κ1) is 79.1. The molecule has 2 unspecified atom stereocenters. The van der Waals surface area contributed by atoms with Crippen LogP contribution in [0.2, 0.25) is 0 Å². The summed E-state index contributed by atoms with van der Waals surface area (Å²) in [5.74, 6) is -0.682. The lowest BCUT2D eigenvalue weighted by Crippen LogP contribution is -2.30. The molecule has 0 aromatic rings. The maximum atomic E-state index is 12.9. The van der Waals surface area contributed by atoms with Crippen molar-refractivity contribution in [2.24, 2.45) is 11.8 Å². The van der Waals surface area contributed by atoms with Crippen LogP contribution in [0.15, 0.2) is 0 Å². The van der Waals surface area contributed by atoms with E-state index in [0.717, 1.165) is 102 Å². The van der Waals surface area contributed by atoms with Crippen molar-refractivity contribution in [2.45, 2.75) is 323 Å². The minimum atomic E-state index is -4.94. The molecule has 480 valence electrons. The SMILES string of the molecule is CCCCCCCCCCCC(=O)OC[C@H](COP(=O)(O)OC[C@H](O)COP(=O)(O)OC[C@@H](COC(=O)CCCCCCCCCC(C)C)OC(=O)CCCCCCCCCCCCC(C)C)OC(=O)CCCCCCCCCCC. The lowest BCUT2D eigenvalue weighted by atomic mass is 10.0. The Balaban J connectivity index is 5.23. The van der Waals surface area contributed by atoms with E-state index < -0.39 is 97.5 Å². The third kappa shape index (κ3) is 56.9. The van der Waals surface area contributed by atoms with E-state index in [-0.39, 0.29) is 25.7 Å². The van der Waals surface area contributed by atoms with Crippen LogP contribution >= 0.6 is 15.6 Å². The van der Waals surface area contributed by atoms with Crippen molar-refractivity contribution in [3.63, 3.8) is 0 Å². The number of aliphatic hydroxyl groups excluding tert-OH is 1. The van der Waals surface area contributed by atoms with Crippen molar-refractivity contribution >= 4 is 39.5 Å². The number of phosphoric ester groups is 2. The number of ether oxygens (including phenoxy) is 4. The molecule has 0 aliphatic rings. The minimum absolute atomic E-state index is 0.105. The van der Waals surface area contributed by atoms with Gasteiger partial charge in [-0.15, -0.1) is 0 Å². The van der Waals surface area contributed by atoms with Crippen LogP contribution in [-0.4, -0.2) is 96.7 Å². The predicted octanol–water partition coefficient (Wildman–Crippen LogP) is 16.9. The van der Waals surface area contributed by atoms with Gasteiger partial charge in [0.1, 0.15) is 19.3 Å². The van der Waals surface area contributed by atoms with Crippen molar-refractivity contribution in [2.75, 3.05) is 39.6 Å². The highest BCUT2D eigenvalue weighted by Crippen LogP contribution is 2.45. The van der Waals surface area contributed by atoms with Crippen molar-refractivity contribution < 1.29 is 80.2 Å². The fourth-order valence-corrected chi connectivity index (χ4v) is 10.8. The second kappa shape index (κ2) is 54.7. The molecular weight excluding hydrogens is 1080 g/mol. The second-order valence-electron chi connectivity index (χ2n) is 23.4. The quantitative estimate of drug-likeness (QED) is 0.0222. The van der Waals surface area contributed by atoms with Gasteiger partial charge in [0.15, 0.2) is 12.2 Å². The lowest BCUT2D eigenvalue weighted by Gasteiger charge is -2.21. The summed E-state index contributed by atoms with van der Waals surface area (Å²) < 4.78 is 67.8. The van der Waals surface area contributed by atoms with Crippen molar-refractivity contribution in [3.8, 4) is 0 Å². The highest BCUT2D eigenvalue weighted by atomic mass is 31.2. The van der Waals surface area contributed by atoms with Crippen LogP contribution in [0.1, 0.15) is 305 Å². The standard InChI is InChI=1S/C62H120O17P2/c1-7-9-11-13-15-19-26-32-38-44-59(64)72-50-57(78-61(66)46-40-34-27-20-16-14-12-10-8-2)52-76-80(68,69)74-48-56(63)49-75-81(70,71)77-53-58(51-73-60(65)45-39-33-29-23-25-31-37-43-55(5)6)79-62(67)47-41-35-28-22-18-17-21-24-30-36-42-54(3)4/h54-58,63H,7-53H2,1-6H3,(H,68,69)(H,70,71)/t56-,57+,58+/m0/s1. The maximum Gasteiger partial charge on any atom is 0.472 e. The fraction of sp³-hybridized carbons (Fsp3) is 0.935. The molecule has 0 spiro atoms. The number of hydrogen-bond donors (Lipinski definition) is 3. The monoisotopic (exact) mass is 1200 g/mol. The van der Waals surface area contributed by atoms with E-state index in [4.69, 9.17) is 37.0 Å². The van der Waals surface area contributed by atoms with E-state index >= 15 is 0 Å². The molecule has 3 N–H and O–H groups in total. The first-order chi connectivity index (χ1) is 38.9. The topological polar surface area (TPSA) is 237 Å². The van der Waals surface area contributed by atoms with Gasteiger partial charge in [-0.1, -0.05) is 253 Å². The van der Waals surface area contributed by atoms with Gasteiger partial charge in [0, 0.05) is 25.7 Å². The third-order valence-electron chi connectivity index (χ3n) is 14.2. The van der Waals surface area contributed by atoms with Gasteiger partial charge < -0.3 is 33.8 Å². The first-order valence-corrected chi connectivity index (χ1v) is 35.5. The highest BCUT2D eigenvalue weighted by Gasteiger charge is 2.30. The molecule has 0 radical (unpaired) electrons. The van der Waals surface area contributed by atoms with Gasteiger partial charge in [-0.2, -0.15) is 0 Å². The lowest BCUT2D eigenvalue weighted by molar-refractivity contribution is -0.161. The van der Waals surface area contributed by atoms with Gasteiger partial charge in [0.2, 0.25) is 0 Å². The van der Waals surface area contributed by atoms with Crippen LogP contribution < -0.4 is 0 Å². The van der Waals surface area contributed by atoms with E-state index in [1.807, 2.05) is 0 Å². The molecule has 0 aliphatic carbocycles. The van der Waals surface area contributed by atoms with Crippen molar-refractivity contribution in [1.29, 1.82) is 0 Å². The number of unbranched alkanes of at least 4 members (excludes halogenated alkanes) is 31. The summed E-state index contributed by atoms with van der Waals surface area (Å²) in [6.07, 6.45) is 36.2. The summed E-state index contributed by atoms with van der Waals surface area (Å²) in [6.45, 7) is 9.38. The number of phosphoric acid groups is 2. The van der Waals surface area contributed by atoms with Gasteiger partial charge in [-0.25, -0.2) is 9.13 Å². The Morgan fingerprint density at radius 3 is 0.840 bits per heavy atom. The molecule has 19 heteroatoms. The Morgan fingerprint density at radius 1 is 0.333 bits per heavy atom. The average molecular weight is 1200 g/mol. The van der Waals surface area contributed by atoms with E-state index in [2.05, 4.69) is 41.5 Å². The molecular formula is C62H120O17P2. The molecule has 0 amide bonds. The molecule has 0 aliphatic heterocycles. The van der Waals surface area contributed by atoms with Gasteiger partial charge in [0.25, 0.3) is 0 Å². The zero-order valence-electron chi connectivity index (χ0n) is 52.1. The Hall–Kier alpha value is -1.94. The number of esters is 4. The molecule has 81 heavy (non-hydrogen) atoms. The Morgan fingerprint density at radius 2 is 0.568 bits per heavy atom. The number of hydrogen-bond acceptors (Lipinski definition) is 15. The number of carbonyl (C=O) groups excluding carboxylic acids is 4. The molecule has 0 saturated carbocycles. The van der Waals surface area contributed by atoms with Gasteiger partial charge in [-0.3, -0.25) is 37.3 Å². The molecule has 0 heterocycles. The van der Waals surface area contributed by atoms with Crippen LogP contribution in [-0.2, 0) is 65.4 Å². The first-order valence-electron chi connectivity index (χ1n) is 32.5. The largest absolute Gasteiger partial charge is 0.472 e. The predicted molar refractivity (Wildman–Crippen MR) is 321 cm³/mol. The summed E-state index contributed by atoms with van der Waals surface area (Å²) in [5.41, 5.74) is 0. The van der Waals surface area contributed by atoms with Crippen molar-refractivity contribution in [1.82, 2.24) is 0 Å². The van der Waals surface area contributed by atoms with Gasteiger partial charge in [-0.05, 0) is 37.5 Å². The fourth-order valence-electron chi connectivity index (χ4n) is 9.18. The zero-order valence-corrected chi connectivity index (χ0v) is 53.9. The van der Waals surface area contributed by atoms with E-state index in [1.54, 1.807) is 0 Å². The van der Waals surface area contributed by atoms with Gasteiger partial charge in [0.05, 0.1) is 26.4 Å².